The third kappa shape index (κ3) is 4.08. The van der Waals surface area contributed by atoms with Crippen molar-refractivity contribution in [3.05, 3.63) is 40.6 Å². The summed E-state index contributed by atoms with van der Waals surface area (Å²) in [6.45, 7) is 4.28. The summed E-state index contributed by atoms with van der Waals surface area (Å²) in [6.07, 6.45) is 1.75. The Bertz CT molecular complexity index is 806. The van der Waals surface area contributed by atoms with Gasteiger partial charge in [-0.15, -0.1) is 11.3 Å². The van der Waals surface area contributed by atoms with E-state index in [4.69, 9.17) is 4.42 Å². The van der Waals surface area contributed by atoms with Gasteiger partial charge in [-0.2, -0.15) is 5.10 Å². The molecule has 0 bridgehead atoms. The van der Waals surface area contributed by atoms with Gasteiger partial charge in [-0.3, -0.25) is 9.89 Å². The van der Waals surface area contributed by atoms with E-state index >= 15 is 0 Å². The third-order valence-corrected chi connectivity index (χ3v) is 4.35. The van der Waals surface area contributed by atoms with Crippen LogP contribution in [-0.2, 0) is 17.6 Å². The Labute approximate surface area is 143 Å². The number of carbonyl (C=O) groups is 1. The normalized spacial score (nSPS) is 10.9. The van der Waals surface area contributed by atoms with Crippen molar-refractivity contribution >= 4 is 17.2 Å². The average molecular weight is 345 g/mol. The number of hydrogen-bond acceptors (Lipinski definition) is 6. The molecule has 2 N–H and O–H groups in total. The summed E-state index contributed by atoms with van der Waals surface area (Å²) in [4.78, 5) is 21.7. The second-order valence-corrected chi connectivity index (χ2v) is 6.41. The number of nitrogens with one attached hydrogen (secondary N) is 2. The smallest absolute Gasteiger partial charge is 0.236 e. The first-order valence-electron chi connectivity index (χ1n) is 7.76. The Morgan fingerprint density at radius 2 is 2.25 bits per heavy atom. The lowest BCUT2D eigenvalue weighted by molar-refractivity contribution is -0.120. The second kappa shape index (κ2) is 7.39. The molecular weight excluding hydrogens is 326 g/mol. The van der Waals surface area contributed by atoms with Crippen LogP contribution in [0.2, 0.25) is 0 Å². The number of H-pyrrole nitrogens is 1. The van der Waals surface area contributed by atoms with E-state index in [1.54, 1.807) is 11.3 Å². The summed E-state index contributed by atoms with van der Waals surface area (Å²) < 4.78 is 5.65. The highest BCUT2D eigenvalue weighted by molar-refractivity contribution is 7.13. The van der Waals surface area contributed by atoms with Crippen LogP contribution >= 0.6 is 11.3 Å². The maximum absolute atomic E-state index is 12.0. The zero-order valence-corrected chi connectivity index (χ0v) is 14.4. The fourth-order valence-electron chi connectivity index (χ4n) is 2.29. The van der Waals surface area contributed by atoms with Crippen molar-refractivity contribution in [2.75, 3.05) is 6.54 Å². The third-order valence-electron chi connectivity index (χ3n) is 3.50. The first-order valence-corrected chi connectivity index (χ1v) is 8.64. The molecule has 3 heterocycles. The number of aromatic amines is 1. The van der Waals surface area contributed by atoms with Gasteiger partial charge in [0.2, 0.25) is 11.8 Å². The molecule has 0 aromatic carbocycles. The molecule has 3 aromatic rings. The lowest BCUT2D eigenvalue weighted by Crippen LogP contribution is -2.26. The number of nitrogens with zero attached hydrogens (tertiary/aromatic N) is 3. The summed E-state index contributed by atoms with van der Waals surface area (Å²) in [5.41, 5.74) is 0.681. The largest absolute Gasteiger partial charge is 0.440 e. The van der Waals surface area contributed by atoms with E-state index in [1.165, 1.54) is 0 Å². The van der Waals surface area contributed by atoms with Crippen molar-refractivity contribution in [2.45, 2.75) is 33.1 Å². The quantitative estimate of drug-likeness (QED) is 0.641. The van der Waals surface area contributed by atoms with Crippen LogP contribution in [0.3, 0.4) is 0 Å². The van der Waals surface area contributed by atoms with Gasteiger partial charge in [0.25, 0.3) is 0 Å². The van der Waals surface area contributed by atoms with Crippen LogP contribution in [0, 0.1) is 13.8 Å². The van der Waals surface area contributed by atoms with Gasteiger partial charge in [0, 0.05) is 13.0 Å². The van der Waals surface area contributed by atoms with Gasteiger partial charge in [-0.05, 0) is 31.7 Å². The van der Waals surface area contributed by atoms with Crippen LogP contribution in [0.15, 0.2) is 21.9 Å². The van der Waals surface area contributed by atoms with Gasteiger partial charge in [0.15, 0.2) is 5.82 Å². The van der Waals surface area contributed by atoms with E-state index in [-0.39, 0.29) is 12.3 Å². The molecule has 0 radical (unpaired) electrons. The number of aromatic nitrogens is 4. The van der Waals surface area contributed by atoms with Gasteiger partial charge < -0.3 is 9.73 Å². The van der Waals surface area contributed by atoms with E-state index in [1.807, 2.05) is 31.4 Å². The minimum absolute atomic E-state index is 0.0599. The molecule has 7 nitrogen and oxygen atoms in total. The van der Waals surface area contributed by atoms with E-state index in [0.717, 1.165) is 29.4 Å². The maximum Gasteiger partial charge on any atom is 0.236 e. The molecule has 0 aliphatic carbocycles. The average Bonchev–Trinajstić information content (AvgIpc) is 3.27. The molecule has 3 aromatic heterocycles. The number of rotatable bonds is 7. The Kier molecular flexibility index (Phi) is 5.05. The number of hydrogen-bond donors (Lipinski definition) is 2. The van der Waals surface area contributed by atoms with Crippen molar-refractivity contribution in [3.63, 3.8) is 0 Å². The molecule has 3 rings (SSSR count). The van der Waals surface area contributed by atoms with Crippen LogP contribution in [0.4, 0.5) is 0 Å². The molecule has 0 saturated heterocycles. The molecule has 24 heavy (non-hydrogen) atoms. The minimum Gasteiger partial charge on any atom is -0.440 e. The van der Waals surface area contributed by atoms with E-state index in [2.05, 4.69) is 25.5 Å². The molecule has 0 spiro atoms. The predicted molar refractivity (Wildman–Crippen MR) is 90.7 cm³/mol. The van der Waals surface area contributed by atoms with E-state index in [0.29, 0.717) is 23.9 Å². The van der Waals surface area contributed by atoms with Crippen LogP contribution in [0.25, 0.3) is 10.8 Å². The topological polar surface area (TPSA) is 96.7 Å². The number of aryl methyl sites for hydroxylation is 3. The fraction of sp³-hybridized carbons (Fsp3) is 0.375. The first-order chi connectivity index (χ1) is 11.6. The minimum atomic E-state index is -0.0599. The summed E-state index contributed by atoms with van der Waals surface area (Å²) >= 11 is 1.56. The predicted octanol–water partition coefficient (Wildman–Crippen LogP) is 2.43. The molecule has 1 amide bonds. The summed E-state index contributed by atoms with van der Waals surface area (Å²) in [7, 11) is 0. The lowest BCUT2D eigenvalue weighted by Gasteiger charge is -2.02. The van der Waals surface area contributed by atoms with E-state index < -0.39 is 0 Å². The van der Waals surface area contributed by atoms with Gasteiger partial charge in [-0.1, -0.05) is 6.07 Å². The van der Waals surface area contributed by atoms with Gasteiger partial charge in [-0.25, -0.2) is 9.97 Å². The second-order valence-electron chi connectivity index (χ2n) is 5.47. The van der Waals surface area contributed by atoms with Gasteiger partial charge in [0.05, 0.1) is 17.0 Å². The Balaban J connectivity index is 1.46. The molecule has 0 aliphatic heterocycles. The van der Waals surface area contributed by atoms with Crippen LogP contribution < -0.4 is 5.32 Å². The summed E-state index contributed by atoms with van der Waals surface area (Å²) in [5, 5.41) is 11.7. The highest BCUT2D eigenvalue weighted by Crippen LogP contribution is 2.25. The molecule has 0 saturated carbocycles. The van der Waals surface area contributed by atoms with Gasteiger partial charge in [0.1, 0.15) is 11.6 Å². The highest BCUT2D eigenvalue weighted by Gasteiger charge is 2.15. The van der Waals surface area contributed by atoms with Crippen molar-refractivity contribution in [2.24, 2.45) is 0 Å². The number of carbonyl (C=O) groups excluding carboxylic acids is 1. The fourth-order valence-corrected chi connectivity index (χ4v) is 2.94. The van der Waals surface area contributed by atoms with Crippen molar-refractivity contribution in [1.29, 1.82) is 0 Å². The SMILES string of the molecule is Cc1nc(CCCNC(=O)Cc2nc(-c3cccs3)oc2C)n[nH]1. The highest BCUT2D eigenvalue weighted by atomic mass is 32.1. The standard InChI is InChI=1S/C16H19N5O2S/c1-10-12(19-16(23-10)13-5-4-8-24-13)9-15(22)17-7-3-6-14-18-11(2)20-21-14/h4-5,8H,3,6-7,9H2,1-2H3,(H,17,22)(H,18,20,21). The molecule has 0 aliphatic rings. The molecule has 126 valence electrons. The Hall–Kier alpha value is -2.48. The zero-order chi connectivity index (χ0) is 16.9. The number of thiophene rings is 1. The lowest BCUT2D eigenvalue weighted by atomic mass is 10.2. The zero-order valence-electron chi connectivity index (χ0n) is 13.6. The van der Waals surface area contributed by atoms with E-state index in [9.17, 15) is 4.79 Å². The van der Waals surface area contributed by atoms with Crippen molar-refractivity contribution < 1.29 is 9.21 Å². The molecule has 0 unspecified atom stereocenters. The number of amides is 1. The first kappa shape index (κ1) is 16.4. The molecule has 0 fully saturated rings. The Morgan fingerprint density at radius 1 is 1.38 bits per heavy atom. The molecule has 0 atom stereocenters. The monoisotopic (exact) mass is 345 g/mol. The van der Waals surface area contributed by atoms with Crippen molar-refractivity contribution in [3.8, 4) is 10.8 Å². The molecule has 8 heteroatoms. The summed E-state index contributed by atoms with van der Waals surface area (Å²) in [6, 6.07) is 3.90. The van der Waals surface area contributed by atoms with Crippen molar-refractivity contribution in [1.82, 2.24) is 25.5 Å². The van der Waals surface area contributed by atoms with Gasteiger partial charge >= 0.3 is 0 Å². The summed E-state index contributed by atoms with van der Waals surface area (Å²) in [5.74, 6) is 2.78. The Morgan fingerprint density at radius 3 is 2.96 bits per heavy atom. The van der Waals surface area contributed by atoms with Crippen LogP contribution in [-0.4, -0.2) is 32.6 Å². The molecular formula is C16H19N5O2S. The number of oxazole rings is 1. The van der Waals surface area contributed by atoms with Crippen LogP contribution in [0.1, 0.15) is 29.5 Å². The van der Waals surface area contributed by atoms with Crippen LogP contribution in [0.5, 0.6) is 0 Å². The maximum atomic E-state index is 12.0.